The van der Waals surface area contributed by atoms with Crippen LogP contribution >= 0.6 is 0 Å². The van der Waals surface area contributed by atoms with E-state index in [2.05, 4.69) is 39.7 Å². The summed E-state index contributed by atoms with van der Waals surface area (Å²) < 4.78 is 2.03. The molecule has 0 aromatic carbocycles. The number of fused-ring (bicyclic) bond motifs is 1. The molecule has 6 heteroatoms. The molecule has 2 aromatic heterocycles. The second kappa shape index (κ2) is 10.7. The minimum atomic E-state index is 0.726. The molecule has 0 amide bonds. The van der Waals surface area contributed by atoms with Gasteiger partial charge in [0.1, 0.15) is 5.82 Å². The summed E-state index contributed by atoms with van der Waals surface area (Å²) in [6.45, 7) is 6.28. The molecule has 6 nitrogen and oxygen atoms in total. The molecule has 0 spiro atoms. The van der Waals surface area contributed by atoms with E-state index in [1.807, 2.05) is 35.8 Å². The van der Waals surface area contributed by atoms with Gasteiger partial charge in [-0.1, -0.05) is 39.2 Å². The van der Waals surface area contributed by atoms with Crippen LogP contribution in [0.25, 0.3) is 5.65 Å². The first kappa shape index (κ1) is 19.2. The van der Waals surface area contributed by atoms with Crippen LogP contribution < -0.4 is 10.6 Å². The maximum atomic E-state index is 4.33. The molecule has 2 aromatic rings. The summed E-state index contributed by atoms with van der Waals surface area (Å²) in [7, 11) is 1.82. The summed E-state index contributed by atoms with van der Waals surface area (Å²) in [5.74, 6) is 2.56. The highest BCUT2D eigenvalue weighted by atomic mass is 15.2. The first-order valence-corrected chi connectivity index (χ1v) is 9.51. The van der Waals surface area contributed by atoms with Crippen LogP contribution in [0.2, 0.25) is 0 Å². The fourth-order valence-electron chi connectivity index (χ4n) is 3.07. The van der Waals surface area contributed by atoms with Gasteiger partial charge in [0.25, 0.3) is 0 Å². The Labute approximate surface area is 151 Å². The number of aliphatic imine (C=N–C) groups is 1. The Morgan fingerprint density at radius 3 is 2.80 bits per heavy atom. The second-order valence-electron chi connectivity index (χ2n) is 6.47. The van der Waals surface area contributed by atoms with E-state index in [-0.39, 0.29) is 0 Å². The SMILES string of the molecule is CCCCC(CCC)CNC(=NC)NCCc1nnc2ccccn12. The first-order valence-electron chi connectivity index (χ1n) is 9.51. The van der Waals surface area contributed by atoms with E-state index in [1.54, 1.807) is 0 Å². The van der Waals surface area contributed by atoms with Crippen LogP contribution in [0.15, 0.2) is 29.4 Å². The Morgan fingerprint density at radius 2 is 2.04 bits per heavy atom. The zero-order valence-corrected chi connectivity index (χ0v) is 15.8. The maximum Gasteiger partial charge on any atom is 0.190 e. The molecule has 2 heterocycles. The number of hydrogen-bond acceptors (Lipinski definition) is 3. The fraction of sp³-hybridized carbons (Fsp3) is 0.632. The van der Waals surface area contributed by atoms with Crippen molar-refractivity contribution in [3.05, 3.63) is 30.2 Å². The third-order valence-electron chi connectivity index (χ3n) is 4.47. The quantitative estimate of drug-likeness (QED) is 0.513. The van der Waals surface area contributed by atoms with Gasteiger partial charge in [-0.15, -0.1) is 10.2 Å². The molecule has 0 bridgehead atoms. The van der Waals surface area contributed by atoms with Crippen LogP contribution in [0.5, 0.6) is 0 Å². The predicted octanol–water partition coefficient (Wildman–Crippen LogP) is 3.04. The summed E-state index contributed by atoms with van der Waals surface area (Å²) in [6.07, 6.45) is 9.18. The molecule has 2 N–H and O–H groups in total. The molecule has 0 radical (unpaired) electrons. The van der Waals surface area contributed by atoms with E-state index >= 15 is 0 Å². The number of nitrogens with zero attached hydrogens (tertiary/aromatic N) is 4. The van der Waals surface area contributed by atoms with Gasteiger partial charge in [-0.3, -0.25) is 9.39 Å². The highest BCUT2D eigenvalue weighted by molar-refractivity contribution is 5.79. The van der Waals surface area contributed by atoms with Gasteiger partial charge >= 0.3 is 0 Å². The van der Waals surface area contributed by atoms with Crippen molar-refractivity contribution in [2.24, 2.45) is 10.9 Å². The molecule has 1 unspecified atom stereocenters. The van der Waals surface area contributed by atoms with Crippen LogP contribution in [-0.2, 0) is 6.42 Å². The van der Waals surface area contributed by atoms with E-state index < -0.39 is 0 Å². The van der Waals surface area contributed by atoms with Gasteiger partial charge in [0.2, 0.25) is 0 Å². The standard InChI is InChI=1S/C19H32N6/c1-4-6-10-16(9-5-2)15-22-19(20-3)21-13-12-18-24-23-17-11-7-8-14-25(17)18/h7-8,11,14,16H,4-6,9-10,12-13,15H2,1-3H3,(H2,20,21,22). The van der Waals surface area contributed by atoms with Crippen LogP contribution in [0.4, 0.5) is 0 Å². The summed E-state index contributed by atoms with van der Waals surface area (Å²) in [5.41, 5.74) is 0.887. The smallest absolute Gasteiger partial charge is 0.190 e. The number of hydrogen-bond donors (Lipinski definition) is 2. The van der Waals surface area contributed by atoms with E-state index in [4.69, 9.17) is 0 Å². The minimum absolute atomic E-state index is 0.726. The van der Waals surface area contributed by atoms with Crippen molar-refractivity contribution < 1.29 is 0 Å². The normalized spacial score (nSPS) is 13.2. The molecular formula is C19H32N6. The fourth-order valence-corrected chi connectivity index (χ4v) is 3.07. The Bertz CT molecular complexity index is 648. The van der Waals surface area contributed by atoms with Crippen molar-refractivity contribution in [1.29, 1.82) is 0 Å². The van der Waals surface area contributed by atoms with Crippen LogP contribution in [0, 0.1) is 5.92 Å². The average molecular weight is 345 g/mol. The van der Waals surface area contributed by atoms with Gasteiger partial charge in [0.15, 0.2) is 11.6 Å². The van der Waals surface area contributed by atoms with Gasteiger partial charge in [-0.05, 0) is 30.9 Å². The Balaban J connectivity index is 1.78. The molecule has 25 heavy (non-hydrogen) atoms. The lowest BCUT2D eigenvalue weighted by atomic mass is 9.97. The van der Waals surface area contributed by atoms with E-state index in [0.717, 1.165) is 42.9 Å². The van der Waals surface area contributed by atoms with Gasteiger partial charge in [-0.25, -0.2) is 0 Å². The molecule has 0 aliphatic carbocycles. The summed E-state index contributed by atoms with van der Waals surface area (Å²) in [5, 5.41) is 15.3. The maximum absolute atomic E-state index is 4.33. The highest BCUT2D eigenvalue weighted by Gasteiger charge is 2.09. The number of rotatable bonds is 10. The topological polar surface area (TPSA) is 66.6 Å². The molecule has 0 saturated heterocycles. The number of aromatic nitrogens is 3. The number of pyridine rings is 1. The average Bonchev–Trinajstić information content (AvgIpc) is 3.05. The van der Waals surface area contributed by atoms with Gasteiger partial charge in [0.05, 0.1) is 0 Å². The molecule has 0 fully saturated rings. The Hall–Kier alpha value is -2.11. The molecule has 1 atom stereocenters. The van der Waals surface area contributed by atoms with Crippen molar-refractivity contribution in [3.8, 4) is 0 Å². The van der Waals surface area contributed by atoms with Crippen molar-refractivity contribution in [3.63, 3.8) is 0 Å². The van der Waals surface area contributed by atoms with Gasteiger partial charge in [0, 0.05) is 32.8 Å². The number of nitrogens with one attached hydrogen (secondary N) is 2. The van der Waals surface area contributed by atoms with Crippen molar-refractivity contribution in [1.82, 2.24) is 25.2 Å². The minimum Gasteiger partial charge on any atom is -0.356 e. The largest absolute Gasteiger partial charge is 0.356 e. The second-order valence-corrected chi connectivity index (χ2v) is 6.47. The van der Waals surface area contributed by atoms with E-state index in [1.165, 1.54) is 32.1 Å². The number of guanidine groups is 1. The van der Waals surface area contributed by atoms with Crippen LogP contribution in [0.3, 0.4) is 0 Å². The molecule has 0 saturated carbocycles. The third kappa shape index (κ3) is 6.03. The predicted molar refractivity (Wildman–Crippen MR) is 104 cm³/mol. The molecule has 0 aliphatic rings. The molecular weight excluding hydrogens is 312 g/mol. The summed E-state index contributed by atoms with van der Waals surface area (Å²) in [6, 6.07) is 5.94. The van der Waals surface area contributed by atoms with Crippen molar-refractivity contribution in [2.75, 3.05) is 20.1 Å². The molecule has 0 aliphatic heterocycles. The van der Waals surface area contributed by atoms with E-state index in [0.29, 0.717) is 0 Å². The Kier molecular flexibility index (Phi) is 8.22. The van der Waals surface area contributed by atoms with Crippen molar-refractivity contribution >= 4 is 11.6 Å². The van der Waals surface area contributed by atoms with Crippen LogP contribution in [0.1, 0.15) is 51.8 Å². The highest BCUT2D eigenvalue weighted by Crippen LogP contribution is 2.13. The summed E-state index contributed by atoms with van der Waals surface area (Å²) in [4.78, 5) is 4.33. The monoisotopic (exact) mass is 344 g/mol. The van der Waals surface area contributed by atoms with Crippen molar-refractivity contribution in [2.45, 2.75) is 52.4 Å². The number of unbranched alkanes of at least 4 members (excludes halogenated alkanes) is 1. The zero-order chi connectivity index (χ0) is 17.9. The molecule has 2 rings (SSSR count). The van der Waals surface area contributed by atoms with Gasteiger partial charge in [-0.2, -0.15) is 0 Å². The zero-order valence-electron chi connectivity index (χ0n) is 15.8. The van der Waals surface area contributed by atoms with Crippen LogP contribution in [-0.4, -0.2) is 40.7 Å². The molecule has 138 valence electrons. The lowest BCUT2D eigenvalue weighted by molar-refractivity contribution is 0.423. The van der Waals surface area contributed by atoms with E-state index in [9.17, 15) is 0 Å². The lowest BCUT2D eigenvalue weighted by Gasteiger charge is -2.18. The third-order valence-corrected chi connectivity index (χ3v) is 4.47. The first-order chi connectivity index (χ1) is 12.3. The van der Waals surface area contributed by atoms with Gasteiger partial charge < -0.3 is 10.6 Å². The Morgan fingerprint density at radius 1 is 1.16 bits per heavy atom. The lowest BCUT2D eigenvalue weighted by Crippen LogP contribution is -2.40. The summed E-state index contributed by atoms with van der Waals surface area (Å²) >= 11 is 0.